The molecule has 4 rings (SSSR count). The highest BCUT2D eigenvalue weighted by atomic mass is 28.4. The molecule has 2 heterocycles. The van der Waals surface area contributed by atoms with E-state index in [1.807, 2.05) is 38.9 Å². The third kappa shape index (κ3) is 7.60. The first-order chi connectivity index (χ1) is 24.1. The van der Waals surface area contributed by atoms with Gasteiger partial charge in [0.15, 0.2) is 29.8 Å². The summed E-state index contributed by atoms with van der Waals surface area (Å²) >= 11 is 0. The van der Waals surface area contributed by atoms with Gasteiger partial charge in [0.1, 0.15) is 0 Å². The van der Waals surface area contributed by atoms with E-state index in [0.717, 1.165) is 16.6 Å². The Balaban J connectivity index is 1.96. The number of aliphatic hydroxyl groups is 1. The zero-order valence-electron chi connectivity index (χ0n) is 34.8. The van der Waals surface area contributed by atoms with Crippen molar-refractivity contribution in [2.24, 2.45) is 5.92 Å². The maximum atomic E-state index is 13.2. The second-order valence-electron chi connectivity index (χ2n) is 17.1. The lowest BCUT2D eigenvalue weighted by Crippen LogP contribution is -2.54. The van der Waals surface area contributed by atoms with Gasteiger partial charge in [0, 0.05) is 18.5 Å². The van der Waals surface area contributed by atoms with Crippen LogP contribution in [0.15, 0.2) is 18.2 Å². The maximum Gasteiger partial charge on any atom is 0.328 e. The van der Waals surface area contributed by atoms with Crippen LogP contribution in [-0.4, -0.2) is 69.2 Å². The number of ether oxygens (including phenoxy) is 6. The minimum atomic E-state index is -2.61. The summed E-state index contributed by atoms with van der Waals surface area (Å²) < 4.78 is 56.3. The molecule has 0 aliphatic carbocycles. The van der Waals surface area contributed by atoms with E-state index in [1.165, 1.54) is 0 Å². The van der Waals surface area contributed by atoms with Crippen molar-refractivity contribution < 1.29 is 47.0 Å². The Labute approximate surface area is 315 Å². The summed E-state index contributed by atoms with van der Waals surface area (Å²) in [6.45, 7) is 30.2. The van der Waals surface area contributed by atoms with E-state index in [-0.39, 0.29) is 42.2 Å². The highest BCUT2D eigenvalue weighted by Gasteiger charge is 2.54. The Hall–Kier alpha value is -2.42. The van der Waals surface area contributed by atoms with E-state index in [2.05, 4.69) is 75.4 Å². The SMILES string of the molecule is COCOc1c2c(cc3c1B(C)O[C@@H]3[C@H](C)[C@](C)(O)[C@H](O[Si](C(C)C)(C(C)C)C(C)C)c1cc(OC)c(OC)c(O[Si](C)(C)C(C)(C)C)c1)OCO2. The summed E-state index contributed by atoms with van der Waals surface area (Å²) in [6.07, 6.45) is -1.31. The summed E-state index contributed by atoms with van der Waals surface area (Å²) in [5.41, 5.74) is 1.79. The van der Waals surface area contributed by atoms with Crippen LogP contribution in [0.1, 0.15) is 99.5 Å². The van der Waals surface area contributed by atoms with Crippen molar-refractivity contribution in [1.29, 1.82) is 0 Å². The quantitative estimate of drug-likeness (QED) is 0.132. The molecule has 2 aliphatic heterocycles. The predicted molar refractivity (Wildman–Crippen MR) is 212 cm³/mol. The van der Waals surface area contributed by atoms with Crippen LogP contribution in [0, 0.1) is 5.92 Å². The van der Waals surface area contributed by atoms with Crippen molar-refractivity contribution in [2.45, 2.75) is 136 Å². The van der Waals surface area contributed by atoms with Crippen LogP contribution >= 0.6 is 0 Å². The maximum absolute atomic E-state index is 13.2. The molecular weight excluding hydrogens is 695 g/mol. The molecule has 292 valence electrons. The monoisotopic (exact) mass is 760 g/mol. The molecule has 0 bridgehead atoms. The summed E-state index contributed by atoms with van der Waals surface area (Å²) in [6, 6.07) is 5.89. The first-order valence-corrected chi connectivity index (χ1v) is 23.7. The van der Waals surface area contributed by atoms with E-state index in [1.54, 1.807) is 21.3 Å². The minimum Gasteiger partial charge on any atom is -0.541 e. The normalized spacial score (nSPS) is 18.5. The molecule has 0 spiro atoms. The Morgan fingerprint density at radius 1 is 0.865 bits per heavy atom. The van der Waals surface area contributed by atoms with Gasteiger partial charge in [-0.2, -0.15) is 0 Å². The van der Waals surface area contributed by atoms with Crippen molar-refractivity contribution in [3.8, 4) is 34.5 Å². The molecule has 0 unspecified atom stereocenters. The molecule has 0 aromatic heterocycles. The molecule has 0 fully saturated rings. The molecule has 4 atom stereocenters. The molecule has 0 saturated heterocycles. The van der Waals surface area contributed by atoms with Crippen LogP contribution in [0.25, 0.3) is 0 Å². The number of rotatable bonds is 16. The molecule has 10 nitrogen and oxygen atoms in total. The first-order valence-electron chi connectivity index (χ1n) is 18.7. The third-order valence-electron chi connectivity index (χ3n) is 12.0. The number of hydrogen-bond acceptors (Lipinski definition) is 10. The van der Waals surface area contributed by atoms with Crippen molar-refractivity contribution in [3.63, 3.8) is 0 Å². The standard InChI is InChI=1S/C39H65BO10Si2/c1-23(2)52(24(3)4,25(5)6)50-37(27-18-29(43-14)34(44-15)31(19-27)49-51(16,17)38(8,9)10)39(11,41)26(7)33-28-20-30-35(47-22-45-30)36(46-21-42-13)32(28)40(12)48-33/h18-20,23-26,33,37,41H,21-22H2,1-17H3/t26-,33+,37+,39-/m0/s1. The molecule has 0 saturated carbocycles. The van der Waals surface area contributed by atoms with Crippen LogP contribution in [-0.2, 0) is 13.8 Å². The molecule has 2 aromatic carbocycles. The van der Waals surface area contributed by atoms with Crippen LogP contribution in [0.2, 0.25) is 41.6 Å². The summed E-state index contributed by atoms with van der Waals surface area (Å²) in [4.78, 5) is 0. The second-order valence-corrected chi connectivity index (χ2v) is 27.3. The van der Waals surface area contributed by atoms with Gasteiger partial charge < -0.3 is 47.0 Å². The Bertz CT molecular complexity index is 1530. The Kier molecular flexibility index (Phi) is 12.8. The van der Waals surface area contributed by atoms with Gasteiger partial charge in [0.25, 0.3) is 8.32 Å². The van der Waals surface area contributed by atoms with E-state index < -0.39 is 40.4 Å². The van der Waals surface area contributed by atoms with Gasteiger partial charge in [-0.1, -0.05) is 76.1 Å². The number of hydrogen-bond donors (Lipinski definition) is 1. The fourth-order valence-electron chi connectivity index (χ4n) is 8.00. The average Bonchev–Trinajstić information content (AvgIpc) is 3.65. The molecule has 0 amide bonds. The Morgan fingerprint density at radius 2 is 1.46 bits per heavy atom. The first kappa shape index (κ1) is 42.3. The van der Waals surface area contributed by atoms with Crippen LogP contribution in [0.4, 0.5) is 0 Å². The zero-order valence-corrected chi connectivity index (χ0v) is 36.8. The van der Waals surface area contributed by atoms with E-state index >= 15 is 0 Å². The topological polar surface area (TPSA) is 103 Å². The zero-order chi connectivity index (χ0) is 39.1. The number of fused-ring (bicyclic) bond motifs is 2. The molecule has 52 heavy (non-hydrogen) atoms. The molecule has 0 radical (unpaired) electrons. The lowest BCUT2D eigenvalue weighted by Gasteiger charge is -2.49. The van der Waals surface area contributed by atoms with E-state index in [9.17, 15) is 5.11 Å². The summed E-state index contributed by atoms with van der Waals surface area (Å²) in [7, 11) is -0.119. The van der Waals surface area contributed by atoms with Crippen LogP contribution < -0.4 is 33.6 Å². The molecule has 13 heteroatoms. The van der Waals surface area contributed by atoms with E-state index in [0.29, 0.717) is 34.5 Å². The molecular formula is C39H65BO10Si2. The van der Waals surface area contributed by atoms with Crippen molar-refractivity contribution >= 4 is 29.0 Å². The van der Waals surface area contributed by atoms with Gasteiger partial charge >= 0.3 is 6.92 Å². The van der Waals surface area contributed by atoms with Gasteiger partial charge in [0.2, 0.25) is 26.6 Å². The van der Waals surface area contributed by atoms with Gasteiger partial charge in [-0.25, -0.2) is 0 Å². The van der Waals surface area contributed by atoms with Crippen molar-refractivity contribution in [1.82, 2.24) is 0 Å². The molecule has 2 aliphatic rings. The average molecular weight is 761 g/mol. The molecule has 2 aromatic rings. The highest BCUT2D eigenvalue weighted by molar-refractivity contribution is 6.77. The van der Waals surface area contributed by atoms with E-state index in [4.69, 9.17) is 41.9 Å². The van der Waals surface area contributed by atoms with Gasteiger partial charge in [-0.15, -0.1) is 0 Å². The lowest BCUT2D eigenvalue weighted by atomic mass is 9.63. The van der Waals surface area contributed by atoms with Gasteiger partial charge in [-0.05, 0) is 71.0 Å². The Morgan fingerprint density at radius 3 is 1.98 bits per heavy atom. The largest absolute Gasteiger partial charge is 0.541 e. The predicted octanol–water partition coefficient (Wildman–Crippen LogP) is 9.02. The molecule has 1 N–H and O–H groups in total. The van der Waals surface area contributed by atoms with Crippen molar-refractivity contribution in [2.75, 3.05) is 34.9 Å². The number of methoxy groups -OCH3 is 3. The van der Waals surface area contributed by atoms with Crippen molar-refractivity contribution in [3.05, 3.63) is 29.3 Å². The second kappa shape index (κ2) is 15.7. The fourth-order valence-corrected chi connectivity index (χ4v) is 14.6. The fraction of sp³-hybridized carbons (Fsp3) is 0.692. The summed E-state index contributed by atoms with van der Waals surface area (Å²) in [5, 5.41) is 13.2. The van der Waals surface area contributed by atoms with Crippen LogP contribution in [0.5, 0.6) is 34.5 Å². The minimum absolute atomic E-state index is 0.0394. The lowest BCUT2D eigenvalue weighted by molar-refractivity contribution is -0.119. The summed E-state index contributed by atoms with van der Waals surface area (Å²) in [5.74, 6) is 2.78. The smallest absolute Gasteiger partial charge is 0.328 e. The van der Waals surface area contributed by atoms with Crippen LogP contribution in [0.3, 0.4) is 0 Å². The van der Waals surface area contributed by atoms with Gasteiger partial charge in [-0.3, -0.25) is 0 Å². The van der Waals surface area contributed by atoms with Gasteiger partial charge in [0.05, 0.1) is 32.0 Å². The number of benzene rings is 2. The third-order valence-corrected chi connectivity index (χ3v) is 22.4. The highest BCUT2D eigenvalue weighted by Crippen LogP contribution is 2.54.